The maximum atomic E-state index is 12.3. The molecule has 0 saturated heterocycles. The number of carbonyl (C=O) groups is 1. The SMILES string of the molecule is CNCCC(=O)N1CCc2sccc2C1C1CC1. The maximum absolute atomic E-state index is 12.3. The summed E-state index contributed by atoms with van der Waals surface area (Å²) in [5.41, 5.74) is 1.44. The summed E-state index contributed by atoms with van der Waals surface area (Å²) in [7, 11) is 1.90. The van der Waals surface area contributed by atoms with E-state index in [4.69, 9.17) is 0 Å². The maximum Gasteiger partial charge on any atom is 0.224 e. The van der Waals surface area contributed by atoms with Crippen LogP contribution in [0.3, 0.4) is 0 Å². The number of carbonyl (C=O) groups excluding carboxylic acids is 1. The molecule has 2 aliphatic rings. The van der Waals surface area contributed by atoms with Crippen molar-refractivity contribution in [3.05, 3.63) is 21.9 Å². The lowest BCUT2D eigenvalue weighted by Gasteiger charge is -2.36. The first-order chi connectivity index (χ1) is 8.81. The van der Waals surface area contributed by atoms with E-state index in [-0.39, 0.29) is 0 Å². The van der Waals surface area contributed by atoms with Gasteiger partial charge in [0.15, 0.2) is 0 Å². The van der Waals surface area contributed by atoms with Crippen molar-refractivity contribution in [2.24, 2.45) is 5.92 Å². The van der Waals surface area contributed by atoms with Crippen LogP contribution in [0.15, 0.2) is 11.4 Å². The third-order valence-corrected chi connectivity index (χ3v) is 4.99. The molecule has 1 N–H and O–H groups in total. The zero-order valence-corrected chi connectivity index (χ0v) is 11.6. The quantitative estimate of drug-likeness (QED) is 0.904. The topological polar surface area (TPSA) is 32.3 Å². The van der Waals surface area contributed by atoms with E-state index in [0.29, 0.717) is 18.4 Å². The highest BCUT2D eigenvalue weighted by molar-refractivity contribution is 7.10. The smallest absolute Gasteiger partial charge is 0.224 e. The Balaban J connectivity index is 1.80. The molecule has 1 aromatic heterocycles. The van der Waals surface area contributed by atoms with Crippen molar-refractivity contribution in [2.45, 2.75) is 31.7 Å². The number of thiophene rings is 1. The lowest BCUT2D eigenvalue weighted by Crippen LogP contribution is -2.41. The van der Waals surface area contributed by atoms with Crippen LogP contribution in [0.4, 0.5) is 0 Å². The van der Waals surface area contributed by atoms with E-state index in [0.717, 1.165) is 25.4 Å². The highest BCUT2D eigenvalue weighted by atomic mass is 32.1. The fourth-order valence-electron chi connectivity index (χ4n) is 2.92. The molecule has 0 spiro atoms. The molecule has 1 saturated carbocycles. The molecule has 1 unspecified atom stereocenters. The fourth-order valence-corrected chi connectivity index (χ4v) is 3.83. The summed E-state index contributed by atoms with van der Waals surface area (Å²) >= 11 is 1.86. The van der Waals surface area contributed by atoms with Gasteiger partial charge in [0.2, 0.25) is 5.91 Å². The summed E-state index contributed by atoms with van der Waals surface area (Å²) in [4.78, 5) is 16.0. The third-order valence-electron chi connectivity index (χ3n) is 3.99. The standard InChI is InChI=1S/C14H20N2OS/c1-15-7-4-13(17)16-8-5-12-11(6-9-18-12)14(16)10-2-3-10/h6,9-10,14-15H,2-5,7-8H2,1H3. The Labute approximate surface area is 112 Å². The summed E-state index contributed by atoms with van der Waals surface area (Å²) in [5.74, 6) is 1.04. The van der Waals surface area contributed by atoms with Gasteiger partial charge in [0.1, 0.15) is 0 Å². The number of hydrogen-bond acceptors (Lipinski definition) is 3. The van der Waals surface area contributed by atoms with Gasteiger partial charge >= 0.3 is 0 Å². The highest BCUT2D eigenvalue weighted by Crippen LogP contribution is 2.48. The van der Waals surface area contributed by atoms with E-state index in [1.165, 1.54) is 23.3 Å². The molecule has 1 atom stereocenters. The van der Waals surface area contributed by atoms with Crippen LogP contribution in [0.5, 0.6) is 0 Å². The van der Waals surface area contributed by atoms with Crippen molar-refractivity contribution in [1.29, 1.82) is 0 Å². The van der Waals surface area contributed by atoms with Gasteiger partial charge in [-0.05, 0) is 49.2 Å². The molecule has 4 heteroatoms. The Bertz CT molecular complexity index is 439. The molecule has 18 heavy (non-hydrogen) atoms. The van der Waals surface area contributed by atoms with Gasteiger partial charge < -0.3 is 10.2 Å². The third kappa shape index (κ3) is 2.19. The van der Waals surface area contributed by atoms with Crippen LogP contribution >= 0.6 is 11.3 Å². The molecule has 0 aromatic carbocycles. The predicted molar refractivity (Wildman–Crippen MR) is 73.7 cm³/mol. The number of rotatable bonds is 4. The predicted octanol–water partition coefficient (Wildman–Crippen LogP) is 2.19. The second-order valence-corrected chi connectivity index (χ2v) is 6.27. The molecule has 1 fully saturated rings. The molecular formula is C14H20N2OS. The average molecular weight is 264 g/mol. The molecule has 0 radical (unpaired) electrons. The van der Waals surface area contributed by atoms with Crippen LogP contribution < -0.4 is 5.32 Å². The van der Waals surface area contributed by atoms with Crippen molar-refractivity contribution in [3.8, 4) is 0 Å². The minimum atomic E-state index is 0.318. The number of nitrogens with zero attached hydrogens (tertiary/aromatic N) is 1. The van der Waals surface area contributed by atoms with Gasteiger partial charge in [-0.2, -0.15) is 0 Å². The molecule has 2 heterocycles. The van der Waals surface area contributed by atoms with Gasteiger partial charge in [-0.25, -0.2) is 0 Å². The first-order valence-electron chi connectivity index (χ1n) is 6.81. The van der Waals surface area contributed by atoms with Crippen molar-refractivity contribution in [1.82, 2.24) is 10.2 Å². The lowest BCUT2D eigenvalue weighted by atomic mass is 9.95. The summed E-state index contributed by atoms with van der Waals surface area (Å²) in [5, 5.41) is 5.25. The number of fused-ring (bicyclic) bond motifs is 1. The van der Waals surface area contributed by atoms with Crippen molar-refractivity contribution in [3.63, 3.8) is 0 Å². The minimum absolute atomic E-state index is 0.318. The van der Waals surface area contributed by atoms with Crippen LogP contribution in [0.1, 0.15) is 35.7 Å². The first-order valence-corrected chi connectivity index (χ1v) is 7.69. The highest BCUT2D eigenvalue weighted by Gasteiger charge is 2.41. The molecule has 1 aliphatic heterocycles. The molecule has 3 rings (SSSR count). The molecular weight excluding hydrogens is 244 g/mol. The van der Waals surface area contributed by atoms with Gasteiger partial charge in [0.05, 0.1) is 6.04 Å². The zero-order valence-electron chi connectivity index (χ0n) is 10.8. The van der Waals surface area contributed by atoms with E-state index in [9.17, 15) is 4.79 Å². The van der Waals surface area contributed by atoms with E-state index < -0.39 is 0 Å². The van der Waals surface area contributed by atoms with Crippen molar-refractivity contribution in [2.75, 3.05) is 20.1 Å². The van der Waals surface area contributed by atoms with E-state index in [1.54, 1.807) is 0 Å². The Morgan fingerprint density at radius 2 is 2.39 bits per heavy atom. The number of amides is 1. The molecule has 1 aromatic rings. The van der Waals surface area contributed by atoms with Gasteiger partial charge in [0, 0.05) is 24.4 Å². The molecule has 1 amide bonds. The molecule has 3 nitrogen and oxygen atoms in total. The van der Waals surface area contributed by atoms with E-state index in [1.807, 2.05) is 18.4 Å². The first kappa shape index (κ1) is 12.2. The normalized spacial score (nSPS) is 22.9. The van der Waals surface area contributed by atoms with Crippen LogP contribution in [0.2, 0.25) is 0 Å². The van der Waals surface area contributed by atoms with Gasteiger partial charge in [-0.1, -0.05) is 0 Å². The Hall–Kier alpha value is -0.870. The summed E-state index contributed by atoms with van der Waals surface area (Å²) in [6.45, 7) is 1.69. The molecule has 1 aliphatic carbocycles. The molecule has 98 valence electrons. The largest absolute Gasteiger partial charge is 0.335 e. The second-order valence-electron chi connectivity index (χ2n) is 5.27. The number of nitrogens with one attached hydrogen (secondary N) is 1. The van der Waals surface area contributed by atoms with Crippen LogP contribution in [0.25, 0.3) is 0 Å². The van der Waals surface area contributed by atoms with Crippen molar-refractivity contribution >= 4 is 17.2 Å². The van der Waals surface area contributed by atoms with Crippen LogP contribution in [0, 0.1) is 5.92 Å². The average Bonchev–Trinajstić information content (AvgIpc) is 3.11. The van der Waals surface area contributed by atoms with E-state index >= 15 is 0 Å². The minimum Gasteiger partial charge on any atom is -0.335 e. The van der Waals surface area contributed by atoms with Crippen molar-refractivity contribution < 1.29 is 4.79 Å². The zero-order chi connectivity index (χ0) is 12.5. The number of hydrogen-bond donors (Lipinski definition) is 1. The summed E-state index contributed by atoms with van der Waals surface area (Å²) < 4.78 is 0. The van der Waals surface area contributed by atoms with Gasteiger partial charge in [-0.15, -0.1) is 11.3 Å². The van der Waals surface area contributed by atoms with E-state index in [2.05, 4.69) is 21.7 Å². The monoisotopic (exact) mass is 264 g/mol. The van der Waals surface area contributed by atoms with Crippen LogP contribution in [-0.4, -0.2) is 30.9 Å². The van der Waals surface area contributed by atoms with Crippen LogP contribution in [-0.2, 0) is 11.2 Å². The molecule has 0 bridgehead atoms. The lowest BCUT2D eigenvalue weighted by molar-refractivity contribution is -0.134. The van der Waals surface area contributed by atoms with Gasteiger partial charge in [0.25, 0.3) is 0 Å². The Morgan fingerprint density at radius 3 is 3.11 bits per heavy atom. The fraction of sp³-hybridized carbons (Fsp3) is 0.643. The van der Waals surface area contributed by atoms with Gasteiger partial charge in [-0.3, -0.25) is 4.79 Å². The Kier molecular flexibility index (Phi) is 3.39. The second kappa shape index (κ2) is 5.02. The Morgan fingerprint density at radius 1 is 1.56 bits per heavy atom. The summed E-state index contributed by atoms with van der Waals surface area (Å²) in [6.07, 6.45) is 4.24. The summed E-state index contributed by atoms with van der Waals surface area (Å²) in [6, 6.07) is 2.62.